The van der Waals surface area contributed by atoms with Crippen molar-refractivity contribution in [2.75, 3.05) is 12.3 Å². The molecule has 0 unspecified atom stereocenters. The lowest BCUT2D eigenvalue weighted by Crippen LogP contribution is -2.39. The molecule has 0 aliphatic carbocycles. The van der Waals surface area contributed by atoms with E-state index in [1.54, 1.807) is 0 Å². The molecule has 57 heavy (non-hydrogen) atoms. The summed E-state index contributed by atoms with van der Waals surface area (Å²) in [7, 11) is -4.24. The summed E-state index contributed by atoms with van der Waals surface area (Å²) in [4.78, 5) is 27.0. The van der Waals surface area contributed by atoms with Gasteiger partial charge in [-0.3, -0.25) is 19.0 Å². The second-order valence-corrected chi connectivity index (χ2v) is 19.4. The second kappa shape index (κ2) is 44.6. The van der Waals surface area contributed by atoms with Gasteiger partial charge >= 0.3 is 0 Å². The third-order valence-electron chi connectivity index (χ3n) is 12.2. The average Bonchev–Trinajstić information content (AvgIpc) is 3.18. The number of carbonyl (C=O) groups is 2. The van der Waals surface area contributed by atoms with E-state index in [0.29, 0.717) is 12.8 Å². The van der Waals surface area contributed by atoms with Crippen molar-refractivity contribution < 1.29 is 22.6 Å². The molecule has 0 aliphatic rings. The zero-order valence-corrected chi connectivity index (χ0v) is 39.3. The number of hydrogen-bond acceptors (Lipinski definition) is 4. The van der Waals surface area contributed by atoms with Crippen molar-refractivity contribution in [1.82, 2.24) is 4.90 Å². The van der Waals surface area contributed by atoms with Gasteiger partial charge in [-0.15, -0.1) is 0 Å². The summed E-state index contributed by atoms with van der Waals surface area (Å²) >= 11 is 0. The molecular weight excluding hydrogens is 727 g/mol. The smallest absolute Gasteiger partial charge is 0.266 e. The lowest BCUT2D eigenvalue weighted by atomic mass is 10.0. The minimum atomic E-state index is -4.24. The highest BCUT2D eigenvalue weighted by atomic mass is 32.2. The first-order chi connectivity index (χ1) is 27.8. The van der Waals surface area contributed by atoms with Gasteiger partial charge in [-0.2, -0.15) is 8.42 Å². The van der Waals surface area contributed by atoms with E-state index in [2.05, 4.69) is 13.8 Å². The fraction of sp³-hybridized carbons (Fsp3) is 0.960. The fourth-order valence-electron chi connectivity index (χ4n) is 8.28. The average molecular weight is 826 g/mol. The van der Waals surface area contributed by atoms with Gasteiger partial charge in [0.05, 0.1) is 5.75 Å². The van der Waals surface area contributed by atoms with Crippen molar-refractivity contribution in [2.24, 2.45) is 0 Å². The van der Waals surface area contributed by atoms with Crippen LogP contribution in [0.15, 0.2) is 0 Å². The Hall–Kier alpha value is -0.950. The van der Waals surface area contributed by atoms with E-state index >= 15 is 0 Å². The van der Waals surface area contributed by atoms with Gasteiger partial charge in [0.25, 0.3) is 10.1 Å². The molecule has 0 radical (unpaired) electrons. The third kappa shape index (κ3) is 44.4. The third-order valence-corrected chi connectivity index (χ3v) is 12.9. The Balaban J connectivity index is 3.78. The SMILES string of the molecule is CCCCCCCCCCCCCCCCCCCCCCCC(=O)N(CCS(=O)(=O)O)C(=O)CCCCCCCCCCCCCCCCCCCCCCC. The number of hydrogen-bond donors (Lipinski definition) is 1. The molecule has 340 valence electrons. The molecule has 1 N–H and O–H groups in total. The molecule has 6 nitrogen and oxygen atoms in total. The minimum absolute atomic E-state index is 0.255. The molecule has 0 aliphatic heterocycles. The van der Waals surface area contributed by atoms with Gasteiger partial charge < -0.3 is 0 Å². The summed E-state index contributed by atoms with van der Waals surface area (Å²) in [5.74, 6) is -1.20. The summed E-state index contributed by atoms with van der Waals surface area (Å²) in [5, 5.41) is 0. The summed E-state index contributed by atoms with van der Waals surface area (Å²) in [6, 6.07) is 0. The standard InChI is InChI=1S/C50H99NO5S/c1-3-5-7-9-11-13-15-17-19-21-23-25-27-29-31-33-35-37-39-41-43-45-49(52)51(47-48-57(54,55)56)50(53)46-44-42-40-38-36-34-32-30-28-26-24-22-20-18-16-14-12-10-8-6-4-2/h3-48H2,1-2H3,(H,54,55,56). The number of imide groups is 1. The highest BCUT2D eigenvalue weighted by Gasteiger charge is 2.22. The van der Waals surface area contributed by atoms with Crippen LogP contribution in [-0.4, -0.2) is 42.0 Å². The first-order valence-corrected chi connectivity index (χ1v) is 27.2. The van der Waals surface area contributed by atoms with Crippen molar-refractivity contribution in [3.05, 3.63) is 0 Å². The molecule has 0 atom stereocenters. The number of carbonyl (C=O) groups excluding carboxylic acids is 2. The van der Waals surface area contributed by atoms with E-state index in [-0.39, 0.29) is 31.2 Å². The van der Waals surface area contributed by atoms with Crippen LogP contribution in [-0.2, 0) is 19.7 Å². The zero-order chi connectivity index (χ0) is 41.8. The zero-order valence-electron chi connectivity index (χ0n) is 38.5. The number of nitrogens with zero attached hydrogens (tertiary/aromatic N) is 1. The number of rotatable bonds is 47. The van der Waals surface area contributed by atoms with Gasteiger partial charge in [-0.1, -0.05) is 271 Å². The second-order valence-electron chi connectivity index (χ2n) is 17.9. The Bertz CT molecular complexity index is 896. The van der Waals surface area contributed by atoms with Crippen LogP contribution >= 0.6 is 0 Å². The molecule has 0 rings (SSSR count). The van der Waals surface area contributed by atoms with Gasteiger partial charge in [-0.25, -0.2) is 0 Å². The van der Waals surface area contributed by atoms with Crippen LogP contribution in [0.4, 0.5) is 0 Å². The van der Waals surface area contributed by atoms with Crippen LogP contribution in [0.2, 0.25) is 0 Å². The Morgan fingerprint density at radius 2 is 0.509 bits per heavy atom. The van der Waals surface area contributed by atoms with Crippen LogP contribution < -0.4 is 0 Å². The molecule has 0 bridgehead atoms. The van der Waals surface area contributed by atoms with Crippen LogP contribution in [0, 0.1) is 0 Å². The molecule has 0 saturated carbocycles. The van der Waals surface area contributed by atoms with E-state index in [4.69, 9.17) is 0 Å². The summed E-state index contributed by atoms with van der Waals surface area (Å²) in [5.41, 5.74) is 0. The van der Waals surface area contributed by atoms with E-state index in [9.17, 15) is 22.6 Å². The van der Waals surface area contributed by atoms with Crippen LogP contribution in [0.5, 0.6) is 0 Å². The van der Waals surface area contributed by atoms with E-state index < -0.39 is 15.9 Å². The maximum atomic E-state index is 12.9. The van der Waals surface area contributed by atoms with E-state index in [1.165, 1.54) is 231 Å². The largest absolute Gasteiger partial charge is 0.285 e. The molecule has 0 aromatic carbocycles. The van der Waals surface area contributed by atoms with Crippen molar-refractivity contribution in [2.45, 2.75) is 296 Å². The molecular formula is C50H99NO5S. The Labute approximate surface area is 356 Å². The molecule has 0 fully saturated rings. The van der Waals surface area contributed by atoms with Gasteiger partial charge in [0, 0.05) is 19.4 Å². The Morgan fingerprint density at radius 3 is 0.684 bits per heavy atom. The quantitative estimate of drug-likeness (QED) is 0.0487. The lowest BCUT2D eigenvalue weighted by Gasteiger charge is -2.20. The maximum absolute atomic E-state index is 12.9. The van der Waals surface area contributed by atoms with Gasteiger partial charge in [0.2, 0.25) is 11.8 Å². The maximum Gasteiger partial charge on any atom is 0.266 e. The predicted octanol–water partition coefficient (Wildman–Crippen LogP) is 16.4. The first kappa shape index (κ1) is 56.0. The molecule has 0 aromatic rings. The lowest BCUT2D eigenvalue weighted by molar-refractivity contribution is -0.144. The molecule has 7 heteroatoms. The van der Waals surface area contributed by atoms with E-state index in [0.717, 1.165) is 30.6 Å². The van der Waals surface area contributed by atoms with Crippen molar-refractivity contribution >= 4 is 21.9 Å². The Kier molecular flexibility index (Phi) is 43.9. The number of amides is 2. The van der Waals surface area contributed by atoms with Crippen molar-refractivity contribution in [1.29, 1.82) is 0 Å². The molecule has 2 amide bonds. The van der Waals surface area contributed by atoms with Gasteiger partial charge in [-0.05, 0) is 12.8 Å². The predicted molar refractivity (Wildman–Crippen MR) is 248 cm³/mol. The number of unbranched alkanes of at least 4 members (excludes halogenated alkanes) is 40. The van der Waals surface area contributed by atoms with Crippen LogP contribution in [0.25, 0.3) is 0 Å². The van der Waals surface area contributed by atoms with Crippen LogP contribution in [0.3, 0.4) is 0 Å². The van der Waals surface area contributed by atoms with Crippen molar-refractivity contribution in [3.8, 4) is 0 Å². The molecule has 0 aromatic heterocycles. The van der Waals surface area contributed by atoms with Gasteiger partial charge in [0.1, 0.15) is 0 Å². The molecule has 0 spiro atoms. The fourth-order valence-corrected chi connectivity index (χ4v) is 8.69. The summed E-state index contributed by atoms with van der Waals surface area (Å²) in [6.45, 7) is 4.31. The highest BCUT2D eigenvalue weighted by Crippen LogP contribution is 2.18. The van der Waals surface area contributed by atoms with Crippen molar-refractivity contribution in [3.63, 3.8) is 0 Å². The highest BCUT2D eigenvalue weighted by molar-refractivity contribution is 7.85. The minimum Gasteiger partial charge on any atom is -0.285 e. The first-order valence-electron chi connectivity index (χ1n) is 25.6. The van der Waals surface area contributed by atoms with Crippen LogP contribution in [0.1, 0.15) is 296 Å². The summed E-state index contributed by atoms with van der Waals surface area (Å²) < 4.78 is 32.1. The summed E-state index contributed by atoms with van der Waals surface area (Å²) in [6.07, 6.45) is 55.3. The normalized spacial score (nSPS) is 11.8. The topological polar surface area (TPSA) is 91.8 Å². The van der Waals surface area contributed by atoms with Gasteiger partial charge in [0.15, 0.2) is 0 Å². The monoisotopic (exact) mass is 826 g/mol. The molecule has 0 saturated heterocycles. The van der Waals surface area contributed by atoms with E-state index in [1.807, 2.05) is 0 Å². The Morgan fingerprint density at radius 1 is 0.333 bits per heavy atom. The molecule has 0 heterocycles.